The number of nitrogens with zero attached hydrogens (tertiary/aromatic N) is 5. The van der Waals surface area contributed by atoms with Gasteiger partial charge in [0.2, 0.25) is 0 Å². The fourth-order valence-corrected chi connectivity index (χ4v) is 10.4. The van der Waals surface area contributed by atoms with Gasteiger partial charge in [0.1, 0.15) is 28.4 Å². The molecule has 0 aliphatic rings. The summed E-state index contributed by atoms with van der Waals surface area (Å²) >= 11 is 0. The molecule has 306 valence electrons. The maximum atomic E-state index is 10.7. The number of aromatic nitrogens is 4. The van der Waals surface area contributed by atoms with Crippen molar-refractivity contribution in [2.45, 2.75) is 0 Å². The van der Waals surface area contributed by atoms with E-state index < -0.39 is 0 Å². The first kappa shape index (κ1) is 36.3. The van der Waals surface area contributed by atoms with Crippen LogP contribution in [0.4, 0.5) is 0 Å². The summed E-state index contributed by atoms with van der Waals surface area (Å²) in [5, 5.41) is 19.0. The van der Waals surface area contributed by atoms with Crippen LogP contribution in [0.1, 0.15) is 5.56 Å². The molecule has 0 unspecified atom stereocenters. The number of benzene rings is 9. The molecule has 0 fully saturated rings. The van der Waals surface area contributed by atoms with Gasteiger partial charge < -0.3 is 18.0 Å². The first-order chi connectivity index (χ1) is 32.7. The summed E-state index contributed by atoms with van der Waals surface area (Å²) in [6, 6.07) is 70.9. The molecule has 5 heterocycles. The standard InChI is InChI=1S/C59H33N5O2/c60-34-43-53(35-18-4-1-5-19-35)61-59(62-54(43)36-20-6-2-7-21-36)42-32-33-46(57-49(42)40-26-12-16-30-47(40)65-57)64-45-29-15-10-24-38(45)50-55-51(58-52(56(50)64)41-27-13-17-31-48(41)66-58)39-25-11-14-28-44(39)63(55)37-22-8-3-9-23-37/h1-33H. The molecule has 66 heavy (non-hydrogen) atoms. The van der Waals surface area contributed by atoms with Gasteiger partial charge in [-0.2, -0.15) is 5.26 Å². The van der Waals surface area contributed by atoms with Crippen molar-refractivity contribution in [3.8, 4) is 51.3 Å². The first-order valence-corrected chi connectivity index (χ1v) is 22.0. The highest BCUT2D eigenvalue weighted by molar-refractivity contribution is 6.39. The molecular formula is C59H33N5O2. The lowest BCUT2D eigenvalue weighted by molar-refractivity contribution is 0.666. The van der Waals surface area contributed by atoms with E-state index >= 15 is 0 Å². The fraction of sp³-hybridized carbons (Fsp3) is 0. The smallest absolute Gasteiger partial charge is 0.161 e. The number of hydrogen-bond acceptors (Lipinski definition) is 5. The minimum atomic E-state index is 0.418. The Hall–Kier alpha value is -9.25. The van der Waals surface area contributed by atoms with Crippen molar-refractivity contribution in [3.05, 3.63) is 206 Å². The molecule has 0 bridgehead atoms. The van der Waals surface area contributed by atoms with Gasteiger partial charge in [-0.25, -0.2) is 9.97 Å². The number of rotatable bonds is 5. The van der Waals surface area contributed by atoms with Gasteiger partial charge in [0, 0.05) is 54.7 Å². The molecule has 5 aromatic heterocycles. The van der Waals surface area contributed by atoms with E-state index in [1.165, 1.54) is 0 Å². The van der Waals surface area contributed by atoms with Gasteiger partial charge in [-0.15, -0.1) is 0 Å². The van der Waals surface area contributed by atoms with Gasteiger partial charge >= 0.3 is 0 Å². The molecule has 0 aliphatic carbocycles. The quantitative estimate of drug-likeness (QED) is 0.172. The Labute approximate surface area is 376 Å². The molecule has 0 spiro atoms. The van der Waals surface area contributed by atoms with Gasteiger partial charge in [0.25, 0.3) is 0 Å². The molecule has 14 rings (SSSR count). The molecule has 0 aliphatic heterocycles. The Balaban J connectivity index is 1.16. The van der Waals surface area contributed by atoms with Crippen molar-refractivity contribution < 1.29 is 8.83 Å². The summed E-state index contributed by atoms with van der Waals surface area (Å²) in [6.07, 6.45) is 0. The summed E-state index contributed by atoms with van der Waals surface area (Å²) in [5.74, 6) is 0.495. The van der Waals surface area contributed by atoms with Crippen LogP contribution in [-0.4, -0.2) is 19.1 Å². The lowest BCUT2D eigenvalue weighted by Crippen LogP contribution is -2.02. The van der Waals surface area contributed by atoms with Crippen LogP contribution in [0.5, 0.6) is 0 Å². The van der Waals surface area contributed by atoms with Crippen LogP contribution < -0.4 is 0 Å². The minimum Gasteiger partial charge on any atom is -0.455 e. The van der Waals surface area contributed by atoms with Crippen LogP contribution in [0, 0.1) is 11.3 Å². The van der Waals surface area contributed by atoms with Crippen LogP contribution >= 0.6 is 0 Å². The lowest BCUT2D eigenvalue weighted by Gasteiger charge is -2.15. The normalized spacial score (nSPS) is 11.9. The van der Waals surface area contributed by atoms with Gasteiger partial charge in [-0.3, -0.25) is 0 Å². The molecule has 0 amide bonds. The number of fused-ring (bicyclic) bond motifs is 15. The second kappa shape index (κ2) is 13.9. The first-order valence-electron chi connectivity index (χ1n) is 22.0. The second-order valence-electron chi connectivity index (χ2n) is 16.7. The van der Waals surface area contributed by atoms with Crippen LogP contribution in [0.2, 0.25) is 0 Å². The third-order valence-electron chi connectivity index (χ3n) is 13.2. The van der Waals surface area contributed by atoms with Crippen LogP contribution in [-0.2, 0) is 0 Å². The van der Waals surface area contributed by atoms with E-state index in [1.807, 2.05) is 84.9 Å². The Kier molecular flexibility index (Phi) is 7.62. The highest BCUT2D eigenvalue weighted by Crippen LogP contribution is 2.51. The van der Waals surface area contributed by atoms with Crippen molar-refractivity contribution in [2.75, 3.05) is 0 Å². The molecular weight excluding hydrogens is 811 g/mol. The maximum Gasteiger partial charge on any atom is 0.161 e. The summed E-state index contributed by atoms with van der Waals surface area (Å²) in [5.41, 5.74) is 13.3. The summed E-state index contributed by atoms with van der Waals surface area (Å²) < 4.78 is 18.9. The fourth-order valence-electron chi connectivity index (χ4n) is 10.4. The lowest BCUT2D eigenvalue weighted by atomic mass is 9.99. The number of hydrogen-bond donors (Lipinski definition) is 0. The number of furan rings is 2. The van der Waals surface area contributed by atoms with Crippen molar-refractivity contribution in [3.63, 3.8) is 0 Å². The van der Waals surface area contributed by atoms with Gasteiger partial charge in [0.15, 0.2) is 11.4 Å². The van der Waals surface area contributed by atoms with Crippen LogP contribution in [0.25, 0.3) is 133 Å². The largest absolute Gasteiger partial charge is 0.455 e. The van der Waals surface area contributed by atoms with E-state index in [2.05, 4.69) is 130 Å². The van der Waals surface area contributed by atoms with Crippen molar-refractivity contribution in [1.82, 2.24) is 19.1 Å². The number of para-hydroxylation sites is 5. The Bertz CT molecular complexity index is 4280. The molecule has 7 nitrogen and oxygen atoms in total. The van der Waals surface area contributed by atoms with Crippen molar-refractivity contribution >= 4 is 87.5 Å². The zero-order valence-electron chi connectivity index (χ0n) is 35.1. The summed E-state index contributed by atoms with van der Waals surface area (Å²) in [7, 11) is 0. The van der Waals surface area contributed by atoms with Gasteiger partial charge in [-0.1, -0.05) is 152 Å². The zero-order valence-corrected chi connectivity index (χ0v) is 35.1. The average molecular weight is 844 g/mol. The van der Waals surface area contributed by atoms with E-state index in [1.54, 1.807) is 0 Å². The van der Waals surface area contributed by atoms with E-state index in [4.69, 9.17) is 18.8 Å². The van der Waals surface area contributed by atoms with Crippen LogP contribution in [0.3, 0.4) is 0 Å². The summed E-state index contributed by atoms with van der Waals surface area (Å²) in [6.45, 7) is 0. The Morgan fingerprint density at radius 2 is 0.879 bits per heavy atom. The summed E-state index contributed by atoms with van der Waals surface area (Å²) in [4.78, 5) is 10.5. The molecule has 0 N–H and O–H groups in total. The zero-order chi connectivity index (χ0) is 43.5. The Morgan fingerprint density at radius 1 is 0.409 bits per heavy atom. The maximum absolute atomic E-state index is 10.7. The van der Waals surface area contributed by atoms with E-state index in [-0.39, 0.29) is 0 Å². The van der Waals surface area contributed by atoms with E-state index in [9.17, 15) is 5.26 Å². The van der Waals surface area contributed by atoms with Gasteiger partial charge in [-0.05, 0) is 48.5 Å². The third-order valence-corrected chi connectivity index (χ3v) is 13.2. The average Bonchev–Trinajstić information content (AvgIpc) is 4.15. The predicted molar refractivity (Wildman–Crippen MR) is 266 cm³/mol. The van der Waals surface area contributed by atoms with Crippen molar-refractivity contribution in [2.24, 2.45) is 0 Å². The highest BCUT2D eigenvalue weighted by Gasteiger charge is 2.30. The highest BCUT2D eigenvalue weighted by atomic mass is 16.3. The Morgan fingerprint density at radius 3 is 1.50 bits per heavy atom. The SMILES string of the molecule is N#Cc1c(-c2ccccc2)nc(-c2ccc(-n3c4ccccc4c4c5c(c6ccccc6n5-c5ccccc5)c5oc6ccccc6c5c43)c3oc4ccccc4c23)nc1-c1ccccc1. The predicted octanol–water partition coefficient (Wildman–Crippen LogP) is 15.3. The number of nitriles is 1. The van der Waals surface area contributed by atoms with Crippen molar-refractivity contribution in [1.29, 1.82) is 5.26 Å². The molecule has 0 saturated carbocycles. The molecule has 9 aromatic carbocycles. The topological polar surface area (TPSA) is 85.7 Å². The monoisotopic (exact) mass is 843 g/mol. The van der Waals surface area contributed by atoms with Gasteiger partial charge in [0.05, 0.1) is 49.9 Å². The van der Waals surface area contributed by atoms with Crippen LogP contribution in [0.15, 0.2) is 209 Å². The molecule has 7 heteroatoms. The second-order valence-corrected chi connectivity index (χ2v) is 16.7. The third kappa shape index (κ3) is 5.01. The molecule has 14 aromatic rings. The molecule has 0 saturated heterocycles. The van der Waals surface area contributed by atoms with E-state index in [0.29, 0.717) is 28.4 Å². The minimum absolute atomic E-state index is 0.418. The van der Waals surface area contributed by atoms with E-state index in [0.717, 1.165) is 110 Å². The molecule has 0 atom stereocenters. The molecule has 0 radical (unpaired) electrons.